The number of amides is 1. The summed E-state index contributed by atoms with van der Waals surface area (Å²) in [5, 5.41) is 4.68. The number of ether oxygens (including phenoxy) is 2. The van der Waals surface area contributed by atoms with Crippen molar-refractivity contribution in [2.45, 2.75) is 6.54 Å². The summed E-state index contributed by atoms with van der Waals surface area (Å²) in [4.78, 5) is 24.0. The number of aromatic nitrogens is 1. The number of aryl methyl sites for hydroxylation is 1. The third kappa shape index (κ3) is 3.83. The molecule has 0 saturated carbocycles. The maximum atomic E-state index is 12.2. The Morgan fingerprint density at radius 1 is 1.20 bits per heavy atom. The fourth-order valence-electron chi connectivity index (χ4n) is 2.45. The lowest BCUT2D eigenvalue weighted by molar-refractivity contribution is -0.124. The number of fused-ring (bicyclic) bond motifs is 1. The van der Waals surface area contributed by atoms with E-state index in [1.807, 2.05) is 35.7 Å². The van der Waals surface area contributed by atoms with Crippen LogP contribution >= 0.6 is 11.3 Å². The van der Waals surface area contributed by atoms with Crippen molar-refractivity contribution in [1.29, 1.82) is 0 Å². The van der Waals surface area contributed by atoms with Gasteiger partial charge >= 0.3 is 5.97 Å². The van der Waals surface area contributed by atoms with Crippen LogP contribution in [0.4, 0.5) is 0 Å². The molecule has 0 aliphatic rings. The summed E-state index contributed by atoms with van der Waals surface area (Å²) in [6, 6.07) is 11.1. The van der Waals surface area contributed by atoms with Crippen LogP contribution in [0.1, 0.15) is 16.1 Å². The number of nitrogens with one attached hydrogen (secondary N) is 1. The maximum Gasteiger partial charge on any atom is 0.355 e. The summed E-state index contributed by atoms with van der Waals surface area (Å²) in [6.07, 6.45) is 0. The molecule has 0 fully saturated rings. The summed E-state index contributed by atoms with van der Waals surface area (Å²) in [5.74, 6) is -0.0998. The molecule has 2 heterocycles. The van der Waals surface area contributed by atoms with Gasteiger partial charge < -0.3 is 19.4 Å². The zero-order valence-electron chi connectivity index (χ0n) is 13.9. The molecule has 0 atom stereocenters. The Bertz CT molecular complexity index is 896. The molecule has 3 rings (SSSR count). The van der Waals surface area contributed by atoms with Crippen molar-refractivity contribution in [3.63, 3.8) is 0 Å². The van der Waals surface area contributed by atoms with Crippen LogP contribution < -0.4 is 10.1 Å². The van der Waals surface area contributed by atoms with Crippen molar-refractivity contribution in [3.05, 3.63) is 53.0 Å². The van der Waals surface area contributed by atoms with E-state index in [0.29, 0.717) is 12.2 Å². The Balaban J connectivity index is 1.50. The Hall–Kier alpha value is -2.80. The number of esters is 1. The molecule has 130 valence electrons. The molecule has 0 spiro atoms. The number of nitrogens with zero attached hydrogens (tertiary/aromatic N) is 1. The quantitative estimate of drug-likeness (QED) is 0.688. The SMILES string of the molecule is COc1ccc(CNC(=O)COC(=O)c2cc3sccc3n2C)cc1. The molecule has 6 nitrogen and oxygen atoms in total. The number of thiophene rings is 1. The molecule has 0 bridgehead atoms. The number of carbonyl (C=O) groups is 2. The average Bonchev–Trinajstić information content (AvgIpc) is 3.21. The van der Waals surface area contributed by atoms with Crippen molar-refractivity contribution in [2.24, 2.45) is 7.05 Å². The number of rotatable bonds is 6. The fourth-order valence-corrected chi connectivity index (χ4v) is 3.30. The van der Waals surface area contributed by atoms with Gasteiger partial charge in [-0.2, -0.15) is 0 Å². The van der Waals surface area contributed by atoms with Gasteiger partial charge in [0.1, 0.15) is 11.4 Å². The van der Waals surface area contributed by atoms with Gasteiger partial charge in [-0.1, -0.05) is 12.1 Å². The molecule has 7 heteroatoms. The fraction of sp³-hybridized carbons (Fsp3) is 0.222. The highest BCUT2D eigenvalue weighted by molar-refractivity contribution is 7.17. The highest BCUT2D eigenvalue weighted by Crippen LogP contribution is 2.24. The van der Waals surface area contributed by atoms with Crippen LogP contribution in [0.5, 0.6) is 5.75 Å². The molecule has 0 unspecified atom stereocenters. The van der Waals surface area contributed by atoms with Crippen LogP contribution in [-0.2, 0) is 23.1 Å². The van der Waals surface area contributed by atoms with Crippen molar-refractivity contribution in [1.82, 2.24) is 9.88 Å². The van der Waals surface area contributed by atoms with Crippen molar-refractivity contribution in [3.8, 4) is 5.75 Å². The first kappa shape index (κ1) is 17.0. The number of methoxy groups -OCH3 is 1. The van der Waals surface area contributed by atoms with Crippen molar-refractivity contribution in [2.75, 3.05) is 13.7 Å². The van der Waals surface area contributed by atoms with E-state index in [0.717, 1.165) is 21.5 Å². The van der Waals surface area contributed by atoms with Gasteiger partial charge in [0.25, 0.3) is 5.91 Å². The maximum absolute atomic E-state index is 12.2. The molecular formula is C18H18N2O4S. The van der Waals surface area contributed by atoms with Crippen molar-refractivity contribution < 1.29 is 19.1 Å². The summed E-state index contributed by atoms with van der Waals surface area (Å²) in [6.45, 7) is 0.0497. The van der Waals surface area contributed by atoms with Crippen LogP contribution in [0.25, 0.3) is 10.2 Å². The first-order valence-electron chi connectivity index (χ1n) is 7.68. The lowest BCUT2D eigenvalue weighted by atomic mass is 10.2. The summed E-state index contributed by atoms with van der Waals surface area (Å²) < 4.78 is 13.0. The van der Waals surface area contributed by atoms with E-state index in [-0.39, 0.29) is 12.5 Å². The standard InChI is InChI=1S/C18H18N2O4S/c1-20-14-7-8-25-16(14)9-15(20)18(22)24-11-17(21)19-10-12-3-5-13(23-2)6-4-12/h3-9H,10-11H2,1-2H3,(H,19,21). The molecule has 25 heavy (non-hydrogen) atoms. The molecule has 3 aromatic rings. The molecule has 0 aliphatic heterocycles. The molecule has 2 aromatic heterocycles. The van der Waals surface area contributed by atoms with Gasteiger partial charge in [0.15, 0.2) is 6.61 Å². The molecule has 1 amide bonds. The van der Waals surface area contributed by atoms with Crippen molar-refractivity contribution >= 4 is 33.4 Å². The van der Waals surface area contributed by atoms with Gasteiger partial charge in [-0.15, -0.1) is 11.3 Å². The van der Waals surface area contributed by atoms with Gasteiger partial charge in [0, 0.05) is 13.6 Å². The van der Waals surface area contributed by atoms with Crippen LogP contribution in [0, 0.1) is 0 Å². The topological polar surface area (TPSA) is 69.6 Å². The molecule has 0 radical (unpaired) electrons. The second kappa shape index (κ2) is 7.40. The minimum Gasteiger partial charge on any atom is -0.497 e. The monoisotopic (exact) mass is 358 g/mol. The van der Waals surface area contributed by atoms with E-state index in [4.69, 9.17) is 9.47 Å². The van der Waals surface area contributed by atoms with E-state index in [1.165, 1.54) is 0 Å². The summed E-state index contributed by atoms with van der Waals surface area (Å²) in [7, 11) is 3.40. The first-order valence-corrected chi connectivity index (χ1v) is 8.56. The second-order valence-corrected chi connectivity index (χ2v) is 6.41. The molecule has 0 aliphatic carbocycles. The second-order valence-electron chi connectivity index (χ2n) is 5.46. The highest BCUT2D eigenvalue weighted by atomic mass is 32.1. The van der Waals surface area contributed by atoms with Crippen LogP contribution in [0.2, 0.25) is 0 Å². The lowest BCUT2D eigenvalue weighted by Crippen LogP contribution is -2.28. The lowest BCUT2D eigenvalue weighted by Gasteiger charge is -2.08. The van der Waals surface area contributed by atoms with E-state index in [9.17, 15) is 9.59 Å². The Kier molecular flexibility index (Phi) is 5.04. The van der Waals surface area contributed by atoms with Crippen LogP contribution in [0.3, 0.4) is 0 Å². The summed E-state index contributed by atoms with van der Waals surface area (Å²) in [5.41, 5.74) is 2.34. The van der Waals surface area contributed by atoms with Gasteiger partial charge in [-0.25, -0.2) is 4.79 Å². The minimum atomic E-state index is -0.509. The molecule has 1 aromatic carbocycles. The van der Waals surface area contributed by atoms with E-state index in [2.05, 4.69) is 5.32 Å². The minimum absolute atomic E-state index is 0.312. The highest BCUT2D eigenvalue weighted by Gasteiger charge is 2.16. The molecule has 1 N–H and O–H groups in total. The van der Waals surface area contributed by atoms with E-state index < -0.39 is 5.97 Å². The summed E-state index contributed by atoms with van der Waals surface area (Å²) >= 11 is 1.56. The Morgan fingerprint density at radius 2 is 1.96 bits per heavy atom. The largest absolute Gasteiger partial charge is 0.497 e. The Labute approximate surface area is 149 Å². The third-order valence-corrected chi connectivity index (χ3v) is 4.71. The third-order valence-electron chi connectivity index (χ3n) is 3.86. The van der Waals surface area contributed by atoms with E-state index >= 15 is 0 Å². The molecular weight excluding hydrogens is 340 g/mol. The zero-order chi connectivity index (χ0) is 17.8. The normalized spacial score (nSPS) is 10.6. The first-order chi connectivity index (χ1) is 12.1. The van der Waals surface area contributed by atoms with Gasteiger partial charge in [-0.05, 0) is 35.2 Å². The number of carbonyl (C=O) groups excluding carboxylic acids is 2. The van der Waals surface area contributed by atoms with Gasteiger partial charge in [-0.3, -0.25) is 4.79 Å². The molecule has 0 saturated heterocycles. The number of benzene rings is 1. The van der Waals surface area contributed by atoms with Crippen LogP contribution in [0.15, 0.2) is 41.8 Å². The predicted octanol–water partition coefficient (Wildman–Crippen LogP) is 2.72. The zero-order valence-corrected chi connectivity index (χ0v) is 14.8. The predicted molar refractivity (Wildman–Crippen MR) is 95.9 cm³/mol. The number of hydrogen-bond donors (Lipinski definition) is 1. The van der Waals surface area contributed by atoms with Gasteiger partial charge in [0.05, 0.1) is 17.3 Å². The average molecular weight is 358 g/mol. The van der Waals surface area contributed by atoms with Gasteiger partial charge in [0.2, 0.25) is 0 Å². The smallest absolute Gasteiger partial charge is 0.355 e. The number of hydrogen-bond acceptors (Lipinski definition) is 5. The van der Waals surface area contributed by atoms with Crippen LogP contribution in [-0.4, -0.2) is 30.2 Å². The van der Waals surface area contributed by atoms with E-state index in [1.54, 1.807) is 36.1 Å². The Morgan fingerprint density at radius 3 is 2.64 bits per heavy atom.